The summed E-state index contributed by atoms with van der Waals surface area (Å²) in [5.74, 6) is 0.855. The van der Waals surface area contributed by atoms with E-state index in [1.54, 1.807) is 24.3 Å². The van der Waals surface area contributed by atoms with Crippen LogP contribution in [0.15, 0.2) is 47.1 Å². The lowest BCUT2D eigenvalue weighted by Crippen LogP contribution is -2.05. The summed E-state index contributed by atoms with van der Waals surface area (Å²) in [4.78, 5) is 16.4. The maximum Gasteiger partial charge on any atom is 0.363 e. The van der Waals surface area contributed by atoms with Crippen LogP contribution in [0.3, 0.4) is 0 Å². The first-order valence-electron chi connectivity index (χ1n) is 8.60. The lowest BCUT2D eigenvalue weighted by atomic mass is 10.1. The number of methoxy groups -OCH3 is 3. The van der Waals surface area contributed by atoms with Crippen molar-refractivity contribution in [2.45, 2.75) is 12.8 Å². The standard InChI is InChI=1S/C21H20FNO5/c1-25-17-11-14(12-18(26-2)20(17)27-3)10-16-21(24)28-19(23-16)8-7-13-5-4-6-15(22)9-13/h4-6,9-12H,7-8H2,1-3H3/b16-10+. The van der Waals surface area contributed by atoms with Crippen LogP contribution in [0, 0.1) is 5.82 Å². The predicted molar refractivity (Wildman–Crippen MR) is 102 cm³/mol. The number of esters is 1. The van der Waals surface area contributed by atoms with Gasteiger partial charge in [-0.1, -0.05) is 12.1 Å². The van der Waals surface area contributed by atoms with Crippen LogP contribution in [0.4, 0.5) is 4.39 Å². The van der Waals surface area contributed by atoms with Crippen LogP contribution in [-0.4, -0.2) is 33.2 Å². The lowest BCUT2D eigenvalue weighted by Gasteiger charge is -2.12. The summed E-state index contributed by atoms with van der Waals surface area (Å²) < 4.78 is 34.4. The second-order valence-corrected chi connectivity index (χ2v) is 6.01. The zero-order valence-corrected chi connectivity index (χ0v) is 15.8. The highest BCUT2D eigenvalue weighted by atomic mass is 19.1. The van der Waals surface area contributed by atoms with E-state index < -0.39 is 5.97 Å². The van der Waals surface area contributed by atoms with Crippen LogP contribution >= 0.6 is 0 Å². The molecule has 2 aromatic carbocycles. The number of aliphatic imine (C=N–C) groups is 1. The van der Waals surface area contributed by atoms with E-state index in [2.05, 4.69) is 4.99 Å². The topological polar surface area (TPSA) is 66.4 Å². The molecule has 0 saturated carbocycles. The minimum Gasteiger partial charge on any atom is -0.493 e. The van der Waals surface area contributed by atoms with E-state index in [1.165, 1.54) is 33.5 Å². The average molecular weight is 385 g/mol. The van der Waals surface area contributed by atoms with Crippen LogP contribution < -0.4 is 14.2 Å². The molecule has 7 heteroatoms. The van der Waals surface area contributed by atoms with Gasteiger partial charge in [0.05, 0.1) is 21.3 Å². The van der Waals surface area contributed by atoms with Crippen molar-refractivity contribution < 1.29 is 28.1 Å². The van der Waals surface area contributed by atoms with Crippen LogP contribution in [0.2, 0.25) is 0 Å². The van der Waals surface area contributed by atoms with E-state index in [-0.39, 0.29) is 11.5 Å². The first-order chi connectivity index (χ1) is 13.5. The van der Waals surface area contributed by atoms with E-state index in [0.717, 1.165) is 5.56 Å². The first kappa shape index (κ1) is 19.4. The summed E-state index contributed by atoms with van der Waals surface area (Å²) in [6, 6.07) is 9.71. The second-order valence-electron chi connectivity index (χ2n) is 6.01. The van der Waals surface area contributed by atoms with Crippen molar-refractivity contribution in [2.75, 3.05) is 21.3 Å². The quantitative estimate of drug-likeness (QED) is 0.536. The van der Waals surface area contributed by atoms with Gasteiger partial charge in [0.25, 0.3) is 0 Å². The van der Waals surface area contributed by atoms with E-state index in [0.29, 0.717) is 41.6 Å². The number of rotatable bonds is 7. The Balaban J connectivity index is 1.81. The molecule has 0 bridgehead atoms. The molecular weight excluding hydrogens is 365 g/mol. The Kier molecular flexibility index (Phi) is 5.93. The number of ether oxygens (including phenoxy) is 4. The third kappa shape index (κ3) is 4.31. The van der Waals surface area contributed by atoms with Crippen LogP contribution in [0.1, 0.15) is 17.5 Å². The molecule has 1 aliphatic rings. The van der Waals surface area contributed by atoms with Gasteiger partial charge in [-0.25, -0.2) is 14.2 Å². The molecule has 2 aromatic rings. The average Bonchev–Trinajstić information content (AvgIpc) is 3.04. The molecule has 0 aromatic heterocycles. The molecule has 28 heavy (non-hydrogen) atoms. The highest BCUT2D eigenvalue weighted by Gasteiger charge is 2.23. The summed E-state index contributed by atoms with van der Waals surface area (Å²) in [5, 5.41) is 0. The van der Waals surface area contributed by atoms with Gasteiger partial charge in [-0.2, -0.15) is 0 Å². The molecule has 0 fully saturated rings. The predicted octanol–water partition coefficient (Wildman–Crippen LogP) is 3.78. The fraction of sp³-hybridized carbons (Fsp3) is 0.238. The van der Waals surface area contributed by atoms with Gasteiger partial charge in [-0.3, -0.25) is 0 Å². The summed E-state index contributed by atoms with van der Waals surface area (Å²) >= 11 is 0. The van der Waals surface area contributed by atoms with E-state index in [9.17, 15) is 9.18 Å². The van der Waals surface area contributed by atoms with Crippen molar-refractivity contribution in [3.63, 3.8) is 0 Å². The summed E-state index contributed by atoms with van der Waals surface area (Å²) in [5.41, 5.74) is 1.63. The monoisotopic (exact) mass is 385 g/mol. The molecule has 1 aliphatic heterocycles. The van der Waals surface area contributed by atoms with Gasteiger partial charge in [0.15, 0.2) is 23.1 Å². The minimum absolute atomic E-state index is 0.170. The van der Waals surface area contributed by atoms with Gasteiger partial charge < -0.3 is 18.9 Å². The molecule has 0 aliphatic carbocycles. The van der Waals surface area contributed by atoms with E-state index >= 15 is 0 Å². The van der Waals surface area contributed by atoms with Gasteiger partial charge in [0, 0.05) is 6.42 Å². The van der Waals surface area contributed by atoms with Crippen LogP contribution in [-0.2, 0) is 16.0 Å². The molecule has 0 saturated heterocycles. The van der Waals surface area contributed by atoms with Crippen molar-refractivity contribution in [2.24, 2.45) is 4.99 Å². The van der Waals surface area contributed by atoms with Crippen molar-refractivity contribution in [3.05, 3.63) is 59.0 Å². The number of carbonyl (C=O) groups is 1. The van der Waals surface area contributed by atoms with Gasteiger partial charge >= 0.3 is 5.97 Å². The van der Waals surface area contributed by atoms with Crippen molar-refractivity contribution >= 4 is 17.9 Å². The van der Waals surface area contributed by atoms with E-state index in [4.69, 9.17) is 18.9 Å². The molecule has 6 nitrogen and oxygen atoms in total. The summed E-state index contributed by atoms with van der Waals surface area (Å²) in [7, 11) is 4.55. The highest BCUT2D eigenvalue weighted by molar-refractivity contribution is 6.07. The molecule has 0 unspecified atom stereocenters. The zero-order chi connectivity index (χ0) is 20.1. The fourth-order valence-electron chi connectivity index (χ4n) is 2.85. The Morgan fingerprint density at radius 2 is 1.75 bits per heavy atom. The lowest BCUT2D eigenvalue weighted by molar-refractivity contribution is -0.130. The van der Waals surface area contributed by atoms with Crippen molar-refractivity contribution in [1.29, 1.82) is 0 Å². The SMILES string of the molecule is COc1cc(/C=C2/N=C(CCc3cccc(F)c3)OC2=O)cc(OC)c1OC. The Morgan fingerprint density at radius 1 is 1.04 bits per heavy atom. The minimum atomic E-state index is -0.539. The Morgan fingerprint density at radius 3 is 2.36 bits per heavy atom. The normalized spacial score (nSPS) is 14.6. The van der Waals surface area contributed by atoms with Gasteiger partial charge in [-0.15, -0.1) is 0 Å². The second kappa shape index (κ2) is 8.56. The molecule has 0 radical (unpaired) electrons. The summed E-state index contributed by atoms with van der Waals surface area (Å²) in [6.07, 6.45) is 2.49. The smallest absolute Gasteiger partial charge is 0.363 e. The zero-order valence-electron chi connectivity index (χ0n) is 15.8. The maximum absolute atomic E-state index is 13.3. The first-order valence-corrected chi connectivity index (χ1v) is 8.60. The number of aryl methyl sites for hydroxylation is 1. The van der Waals surface area contributed by atoms with Crippen LogP contribution in [0.5, 0.6) is 17.2 Å². The largest absolute Gasteiger partial charge is 0.493 e. The summed E-state index contributed by atoms with van der Waals surface area (Å²) in [6.45, 7) is 0. The molecule has 0 atom stereocenters. The number of benzene rings is 2. The Bertz CT molecular complexity index is 927. The number of hydrogen-bond donors (Lipinski definition) is 0. The van der Waals surface area contributed by atoms with E-state index in [1.807, 2.05) is 6.07 Å². The van der Waals surface area contributed by atoms with Gasteiger partial charge in [0.2, 0.25) is 5.75 Å². The maximum atomic E-state index is 13.3. The highest BCUT2D eigenvalue weighted by Crippen LogP contribution is 2.39. The molecule has 1 heterocycles. The number of nitrogens with zero attached hydrogens (tertiary/aromatic N) is 1. The number of carbonyl (C=O) groups excluding carboxylic acids is 1. The number of cyclic esters (lactones) is 1. The fourth-order valence-corrected chi connectivity index (χ4v) is 2.85. The van der Waals surface area contributed by atoms with Gasteiger partial charge in [0.1, 0.15) is 5.82 Å². The van der Waals surface area contributed by atoms with Crippen molar-refractivity contribution in [3.8, 4) is 17.2 Å². The molecule has 146 valence electrons. The Hall–Kier alpha value is -3.35. The third-order valence-corrected chi connectivity index (χ3v) is 4.17. The molecule has 0 spiro atoms. The van der Waals surface area contributed by atoms with Crippen molar-refractivity contribution in [1.82, 2.24) is 0 Å². The number of hydrogen-bond acceptors (Lipinski definition) is 6. The third-order valence-electron chi connectivity index (χ3n) is 4.17. The molecule has 3 rings (SSSR count). The van der Waals surface area contributed by atoms with Crippen LogP contribution in [0.25, 0.3) is 6.08 Å². The molecular formula is C21H20FNO5. The molecule has 0 amide bonds. The Labute approximate surface area is 162 Å². The number of halogens is 1. The van der Waals surface area contributed by atoms with Gasteiger partial charge in [-0.05, 0) is 47.9 Å². The molecule has 0 N–H and O–H groups in total.